The lowest BCUT2D eigenvalue weighted by Gasteiger charge is -2.20. The molecule has 1 atom stereocenters. The maximum absolute atomic E-state index is 4.36. The summed E-state index contributed by atoms with van der Waals surface area (Å²) in [5.74, 6) is 0. The third-order valence-corrected chi connectivity index (χ3v) is 2.08. The lowest BCUT2D eigenvalue weighted by atomic mass is 10.1. The van der Waals surface area contributed by atoms with Crippen molar-refractivity contribution < 1.29 is 0 Å². The first-order valence-electron chi connectivity index (χ1n) is 3.95. The SMILES string of the molecule is CC1=CC2CC(C)=NN2C=C1. The normalized spacial score (nSPS) is 28.2. The fourth-order valence-corrected chi connectivity index (χ4v) is 1.54. The summed E-state index contributed by atoms with van der Waals surface area (Å²) in [5.41, 5.74) is 2.57. The Balaban J connectivity index is 2.25. The molecule has 2 aliphatic rings. The maximum atomic E-state index is 4.36. The standard InChI is InChI=1S/C9H12N2/c1-7-3-4-11-9(5-7)6-8(2)10-11/h3-5,9H,6H2,1-2H3. The van der Waals surface area contributed by atoms with E-state index in [1.807, 2.05) is 5.01 Å². The van der Waals surface area contributed by atoms with Gasteiger partial charge in [0.05, 0.1) is 6.04 Å². The molecule has 0 saturated heterocycles. The minimum absolute atomic E-state index is 0.500. The van der Waals surface area contributed by atoms with Crippen molar-refractivity contribution in [2.45, 2.75) is 26.3 Å². The van der Waals surface area contributed by atoms with Crippen LogP contribution in [0.3, 0.4) is 0 Å². The fourth-order valence-electron chi connectivity index (χ4n) is 1.54. The van der Waals surface area contributed by atoms with Crippen molar-refractivity contribution >= 4 is 5.71 Å². The molecular formula is C9H12N2. The van der Waals surface area contributed by atoms with Gasteiger partial charge in [-0.2, -0.15) is 5.10 Å². The van der Waals surface area contributed by atoms with Crippen LogP contribution in [0.4, 0.5) is 0 Å². The fraction of sp³-hybridized carbons (Fsp3) is 0.444. The van der Waals surface area contributed by atoms with Crippen LogP contribution in [-0.4, -0.2) is 16.8 Å². The summed E-state index contributed by atoms with van der Waals surface area (Å²) in [6, 6.07) is 0.500. The molecule has 0 fully saturated rings. The van der Waals surface area contributed by atoms with Crippen LogP contribution in [-0.2, 0) is 0 Å². The lowest BCUT2D eigenvalue weighted by Crippen LogP contribution is -2.21. The Bertz CT molecular complexity index is 261. The number of hydrogen-bond donors (Lipinski definition) is 0. The van der Waals surface area contributed by atoms with E-state index in [0.29, 0.717) is 6.04 Å². The second-order valence-corrected chi connectivity index (χ2v) is 3.21. The quantitative estimate of drug-likeness (QED) is 0.512. The van der Waals surface area contributed by atoms with Crippen molar-refractivity contribution in [1.82, 2.24) is 5.01 Å². The van der Waals surface area contributed by atoms with Gasteiger partial charge in [0.2, 0.25) is 0 Å². The van der Waals surface area contributed by atoms with Crippen LogP contribution in [0.1, 0.15) is 20.3 Å². The van der Waals surface area contributed by atoms with Crippen LogP contribution in [0.5, 0.6) is 0 Å². The number of allylic oxidation sites excluding steroid dienone is 2. The van der Waals surface area contributed by atoms with Gasteiger partial charge in [-0.15, -0.1) is 0 Å². The van der Waals surface area contributed by atoms with E-state index in [2.05, 4.69) is 37.3 Å². The average Bonchev–Trinajstić information content (AvgIpc) is 2.27. The van der Waals surface area contributed by atoms with Gasteiger partial charge >= 0.3 is 0 Å². The molecule has 0 bridgehead atoms. The number of hydrazone groups is 1. The molecule has 2 heterocycles. The molecule has 0 N–H and O–H groups in total. The average molecular weight is 148 g/mol. The van der Waals surface area contributed by atoms with Gasteiger partial charge in [0.25, 0.3) is 0 Å². The summed E-state index contributed by atoms with van der Waals surface area (Å²) >= 11 is 0. The van der Waals surface area contributed by atoms with Crippen LogP contribution in [0.15, 0.2) is 29.0 Å². The molecule has 11 heavy (non-hydrogen) atoms. The van der Waals surface area contributed by atoms with Crippen LogP contribution in [0.2, 0.25) is 0 Å². The summed E-state index contributed by atoms with van der Waals surface area (Å²) in [4.78, 5) is 0. The van der Waals surface area contributed by atoms with E-state index in [1.165, 1.54) is 11.3 Å². The Morgan fingerprint density at radius 2 is 2.36 bits per heavy atom. The van der Waals surface area contributed by atoms with Crippen LogP contribution >= 0.6 is 0 Å². The van der Waals surface area contributed by atoms with Crippen molar-refractivity contribution in [1.29, 1.82) is 0 Å². The molecule has 2 aliphatic heterocycles. The highest BCUT2D eigenvalue weighted by Gasteiger charge is 2.22. The molecule has 2 heteroatoms. The van der Waals surface area contributed by atoms with E-state index < -0.39 is 0 Å². The van der Waals surface area contributed by atoms with Gasteiger partial charge < -0.3 is 0 Å². The molecule has 2 nitrogen and oxygen atoms in total. The first-order valence-corrected chi connectivity index (χ1v) is 3.95. The zero-order chi connectivity index (χ0) is 7.84. The van der Waals surface area contributed by atoms with E-state index >= 15 is 0 Å². The summed E-state index contributed by atoms with van der Waals surface area (Å²) in [6.45, 7) is 4.21. The number of fused-ring (bicyclic) bond motifs is 1. The number of rotatable bonds is 0. The van der Waals surface area contributed by atoms with Gasteiger partial charge in [-0.1, -0.05) is 11.6 Å². The first-order chi connectivity index (χ1) is 5.25. The van der Waals surface area contributed by atoms with Gasteiger partial charge in [0.15, 0.2) is 0 Å². The van der Waals surface area contributed by atoms with Gasteiger partial charge in [0, 0.05) is 18.3 Å². The lowest BCUT2D eigenvalue weighted by molar-refractivity contribution is 0.366. The molecule has 0 aromatic heterocycles. The zero-order valence-electron chi connectivity index (χ0n) is 6.91. The summed E-state index contributed by atoms with van der Waals surface area (Å²) in [7, 11) is 0. The monoisotopic (exact) mass is 148 g/mol. The van der Waals surface area contributed by atoms with Crippen molar-refractivity contribution in [3.8, 4) is 0 Å². The molecule has 0 spiro atoms. The van der Waals surface area contributed by atoms with E-state index in [-0.39, 0.29) is 0 Å². The molecule has 0 radical (unpaired) electrons. The van der Waals surface area contributed by atoms with Gasteiger partial charge in [-0.25, -0.2) is 0 Å². The first kappa shape index (κ1) is 6.65. The Morgan fingerprint density at radius 3 is 3.18 bits per heavy atom. The molecule has 0 aromatic rings. The van der Waals surface area contributed by atoms with Crippen molar-refractivity contribution in [3.05, 3.63) is 23.9 Å². The molecule has 0 saturated carbocycles. The Morgan fingerprint density at radius 1 is 1.55 bits per heavy atom. The predicted octanol–water partition coefficient (Wildman–Crippen LogP) is 1.91. The number of nitrogens with zero attached hydrogens (tertiary/aromatic N) is 2. The highest BCUT2D eigenvalue weighted by atomic mass is 15.5. The largest absolute Gasteiger partial charge is 0.266 e. The van der Waals surface area contributed by atoms with E-state index in [1.54, 1.807) is 0 Å². The van der Waals surface area contributed by atoms with E-state index in [4.69, 9.17) is 0 Å². The Labute approximate surface area is 66.9 Å². The van der Waals surface area contributed by atoms with Crippen LogP contribution < -0.4 is 0 Å². The van der Waals surface area contributed by atoms with Crippen molar-refractivity contribution in [2.75, 3.05) is 0 Å². The summed E-state index contributed by atoms with van der Waals surface area (Å²) in [5, 5.41) is 6.39. The Kier molecular flexibility index (Phi) is 1.34. The highest BCUT2D eigenvalue weighted by molar-refractivity contribution is 5.84. The van der Waals surface area contributed by atoms with Gasteiger partial charge in [0.1, 0.15) is 0 Å². The van der Waals surface area contributed by atoms with Gasteiger partial charge in [-0.3, -0.25) is 5.01 Å². The Hall–Kier alpha value is -1.05. The summed E-state index contributed by atoms with van der Waals surface area (Å²) in [6.07, 6.45) is 7.50. The van der Waals surface area contributed by atoms with E-state index in [0.717, 1.165) is 6.42 Å². The molecule has 0 amide bonds. The second kappa shape index (κ2) is 2.22. The molecular weight excluding hydrogens is 136 g/mol. The van der Waals surface area contributed by atoms with Crippen molar-refractivity contribution in [2.24, 2.45) is 5.10 Å². The topological polar surface area (TPSA) is 15.6 Å². The smallest absolute Gasteiger partial charge is 0.0757 e. The molecule has 0 aromatic carbocycles. The number of hydrogen-bond acceptors (Lipinski definition) is 2. The maximum Gasteiger partial charge on any atom is 0.0757 e. The molecule has 58 valence electrons. The van der Waals surface area contributed by atoms with Crippen LogP contribution in [0.25, 0.3) is 0 Å². The minimum atomic E-state index is 0.500. The predicted molar refractivity (Wildman–Crippen MR) is 46.3 cm³/mol. The summed E-state index contributed by atoms with van der Waals surface area (Å²) < 4.78 is 0. The van der Waals surface area contributed by atoms with E-state index in [9.17, 15) is 0 Å². The molecule has 1 unspecified atom stereocenters. The minimum Gasteiger partial charge on any atom is -0.266 e. The third-order valence-electron chi connectivity index (χ3n) is 2.08. The molecule has 0 aliphatic carbocycles. The highest BCUT2D eigenvalue weighted by Crippen LogP contribution is 2.22. The third kappa shape index (κ3) is 1.09. The molecule has 2 rings (SSSR count). The second-order valence-electron chi connectivity index (χ2n) is 3.21. The zero-order valence-corrected chi connectivity index (χ0v) is 6.91. The van der Waals surface area contributed by atoms with Crippen LogP contribution in [0, 0.1) is 0 Å². The van der Waals surface area contributed by atoms with Crippen molar-refractivity contribution in [3.63, 3.8) is 0 Å². The van der Waals surface area contributed by atoms with Gasteiger partial charge in [-0.05, 0) is 19.9 Å².